The number of hydrogen-bond acceptors (Lipinski definition) is 7. The number of benzene rings is 1. The van der Waals surface area contributed by atoms with Gasteiger partial charge in [-0.1, -0.05) is 6.57 Å². The van der Waals surface area contributed by atoms with E-state index < -0.39 is 0 Å². The zero-order chi connectivity index (χ0) is 20.2. The molecule has 1 saturated heterocycles. The summed E-state index contributed by atoms with van der Waals surface area (Å²) in [5.74, 6) is 2.16. The van der Waals surface area contributed by atoms with Gasteiger partial charge in [0.05, 0.1) is 19.0 Å². The second kappa shape index (κ2) is 8.16. The van der Waals surface area contributed by atoms with Gasteiger partial charge in [-0.15, -0.1) is 4.98 Å². The highest BCUT2D eigenvalue weighted by molar-refractivity contribution is 5.73. The highest BCUT2D eigenvalue weighted by Gasteiger charge is 2.18. The Morgan fingerprint density at radius 3 is 2.86 bits per heavy atom. The third kappa shape index (κ3) is 4.12. The average Bonchev–Trinajstić information content (AvgIpc) is 3.22. The predicted molar refractivity (Wildman–Crippen MR) is 112 cm³/mol. The van der Waals surface area contributed by atoms with Crippen molar-refractivity contribution in [2.45, 2.75) is 13.0 Å². The zero-order valence-corrected chi connectivity index (χ0v) is 16.3. The number of aromatic nitrogens is 4. The molecule has 4 rings (SSSR count). The molecule has 1 atom stereocenters. The second-order valence-corrected chi connectivity index (χ2v) is 6.85. The standard InChI is InChI=1S/C20H22N8O/c1-13-12-28(7-6-22-13)14-4-5-15(17(8-14)29-3)16-9-18(27-26-16)25-20-11-23-19(21-2)10-24-20/h4-5,8-11,13,22H,6-7,12H2,1,3H3,(H2,24,25,26,27)/t13-/m0/s1. The number of methoxy groups -OCH3 is 1. The van der Waals surface area contributed by atoms with Crippen molar-refractivity contribution in [1.29, 1.82) is 0 Å². The highest BCUT2D eigenvalue weighted by Crippen LogP contribution is 2.34. The Morgan fingerprint density at radius 2 is 2.14 bits per heavy atom. The molecule has 148 valence electrons. The van der Waals surface area contributed by atoms with Gasteiger partial charge in [0.25, 0.3) is 5.82 Å². The van der Waals surface area contributed by atoms with Gasteiger partial charge in [-0.2, -0.15) is 5.10 Å². The minimum atomic E-state index is 0.252. The fourth-order valence-corrected chi connectivity index (χ4v) is 3.36. The van der Waals surface area contributed by atoms with E-state index in [1.807, 2.05) is 12.1 Å². The maximum Gasteiger partial charge on any atom is 0.288 e. The van der Waals surface area contributed by atoms with Gasteiger partial charge in [0, 0.05) is 49.1 Å². The number of aromatic amines is 1. The van der Waals surface area contributed by atoms with Crippen LogP contribution < -0.4 is 20.3 Å². The lowest BCUT2D eigenvalue weighted by atomic mass is 10.1. The van der Waals surface area contributed by atoms with E-state index in [-0.39, 0.29) is 5.82 Å². The van der Waals surface area contributed by atoms with Crippen LogP contribution in [-0.2, 0) is 0 Å². The number of nitrogens with one attached hydrogen (secondary N) is 3. The Morgan fingerprint density at radius 1 is 1.24 bits per heavy atom. The summed E-state index contributed by atoms with van der Waals surface area (Å²) in [6, 6.07) is 8.56. The van der Waals surface area contributed by atoms with E-state index in [1.165, 1.54) is 12.4 Å². The van der Waals surface area contributed by atoms with Gasteiger partial charge < -0.3 is 25.1 Å². The van der Waals surface area contributed by atoms with E-state index in [0.717, 1.165) is 42.3 Å². The molecule has 0 bridgehead atoms. The lowest BCUT2D eigenvalue weighted by molar-refractivity contribution is 0.415. The van der Waals surface area contributed by atoms with Crippen LogP contribution in [0.4, 0.5) is 23.1 Å². The van der Waals surface area contributed by atoms with E-state index >= 15 is 0 Å². The number of piperazine rings is 1. The molecule has 1 fully saturated rings. The van der Waals surface area contributed by atoms with Crippen molar-refractivity contribution in [3.8, 4) is 17.0 Å². The van der Waals surface area contributed by atoms with Crippen LogP contribution in [0.2, 0.25) is 0 Å². The Labute approximate surface area is 169 Å². The molecule has 1 aliphatic rings. The summed E-state index contributed by atoms with van der Waals surface area (Å²) in [6.07, 6.45) is 2.92. The summed E-state index contributed by atoms with van der Waals surface area (Å²) < 4.78 is 5.65. The molecule has 9 heteroatoms. The first kappa shape index (κ1) is 18.7. The Bertz CT molecular complexity index is 1020. The third-order valence-electron chi connectivity index (χ3n) is 4.80. The van der Waals surface area contributed by atoms with Crippen molar-refractivity contribution in [2.24, 2.45) is 0 Å². The quantitative estimate of drug-likeness (QED) is 0.577. The highest BCUT2D eigenvalue weighted by atomic mass is 16.5. The zero-order valence-electron chi connectivity index (χ0n) is 16.3. The van der Waals surface area contributed by atoms with Crippen molar-refractivity contribution < 1.29 is 4.74 Å². The van der Waals surface area contributed by atoms with Gasteiger partial charge >= 0.3 is 0 Å². The summed E-state index contributed by atoms with van der Waals surface area (Å²) in [4.78, 5) is 13.7. The third-order valence-corrected chi connectivity index (χ3v) is 4.80. The second-order valence-electron chi connectivity index (χ2n) is 6.85. The van der Waals surface area contributed by atoms with Crippen LogP contribution in [0.25, 0.3) is 16.1 Å². The Kier molecular flexibility index (Phi) is 5.27. The topological polar surface area (TPSA) is 95.3 Å². The maximum atomic E-state index is 6.93. The molecule has 0 amide bonds. The molecule has 0 saturated carbocycles. The molecule has 3 N–H and O–H groups in total. The summed E-state index contributed by atoms with van der Waals surface area (Å²) >= 11 is 0. The maximum absolute atomic E-state index is 6.93. The molecule has 1 aliphatic heterocycles. The molecular formula is C20H22N8O. The summed E-state index contributed by atoms with van der Waals surface area (Å²) in [7, 11) is 1.67. The van der Waals surface area contributed by atoms with Crippen LogP contribution in [-0.4, -0.2) is 53.0 Å². The van der Waals surface area contributed by atoms with E-state index in [1.54, 1.807) is 7.11 Å². The van der Waals surface area contributed by atoms with Gasteiger partial charge in [-0.25, -0.2) is 4.98 Å². The number of ether oxygens (including phenoxy) is 1. The number of anilines is 3. The summed E-state index contributed by atoms with van der Waals surface area (Å²) in [5.41, 5.74) is 2.90. The first-order valence-electron chi connectivity index (χ1n) is 9.35. The number of hydrogen-bond donors (Lipinski definition) is 3. The van der Waals surface area contributed by atoms with Gasteiger partial charge in [0.2, 0.25) is 0 Å². The number of rotatable bonds is 5. The molecular weight excluding hydrogens is 368 g/mol. The van der Waals surface area contributed by atoms with Gasteiger partial charge in [-0.3, -0.25) is 5.10 Å². The fourth-order valence-electron chi connectivity index (χ4n) is 3.36. The van der Waals surface area contributed by atoms with Crippen molar-refractivity contribution in [1.82, 2.24) is 25.5 Å². The summed E-state index contributed by atoms with van der Waals surface area (Å²) in [5, 5.41) is 13.9. The molecule has 2 aromatic heterocycles. The molecule has 0 spiro atoms. The number of H-pyrrole nitrogens is 1. The fraction of sp³-hybridized carbons (Fsp3) is 0.300. The molecule has 1 aromatic carbocycles. The van der Waals surface area contributed by atoms with Crippen molar-refractivity contribution in [2.75, 3.05) is 37.0 Å². The van der Waals surface area contributed by atoms with Gasteiger partial charge in [-0.05, 0) is 19.1 Å². The first-order chi connectivity index (χ1) is 14.2. The Hall–Kier alpha value is -3.64. The lowest BCUT2D eigenvalue weighted by Crippen LogP contribution is -2.49. The largest absolute Gasteiger partial charge is 0.496 e. The average molecular weight is 390 g/mol. The Balaban J connectivity index is 1.54. The molecule has 0 radical (unpaired) electrons. The SMILES string of the molecule is [C-]#[N+]c1cnc(Nc2cc(-c3ccc(N4CCN[C@@H](C)C4)cc3OC)[nH]n2)cn1. The van der Waals surface area contributed by atoms with E-state index in [2.05, 4.69) is 59.6 Å². The van der Waals surface area contributed by atoms with Crippen molar-refractivity contribution in [3.05, 3.63) is 48.1 Å². The van der Waals surface area contributed by atoms with Crippen LogP contribution >= 0.6 is 0 Å². The van der Waals surface area contributed by atoms with E-state index in [0.29, 0.717) is 17.7 Å². The van der Waals surface area contributed by atoms with Gasteiger partial charge in [0.15, 0.2) is 17.8 Å². The summed E-state index contributed by atoms with van der Waals surface area (Å²) in [6.45, 7) is 12.0. The number of nitrogens with zero attached hydrogens (tertiary/aromatic N) is 5. The minimum Gasteiger partial charge on any atom is -0.496 e. The normalized spacial score (nSPS) is 16.3. The van der Waals surface area contributed by atoms with Crippen LogP contribution in [0, 0.1) is 6.57 Å². The molecule has 9 nitrogen and oxygen atoms in total. The van der Waals surface area contributed by atoms with Crippen molar-refractivity contribution >= 4 is 23.1 Å². The monoisotopic (exact) mass is 390 g/mol. The van der Waals surface area contributed by atoms with E-state index in [9.17, 15) is 0 Å². The minimum absolute atomic E-state index is 0.252. The predicted octanol–water partition coefficient (Wildman–Crippen LogP) is 2.97. The van der Waals surface area contributed by atoms with Crippen LogP contribution in [0.3, 0.4) is 0 Å². The van der Waals surface area contributed by atoms with Crippen molar-refractivity contribution in [3.63, 3.8) is 0 Å². The van der Waals surface area contributed by atoms with Crippen LogP contribution in [0.5, 0.6) is 5.75 Å². The van der Waals surface area contributed by atoms with Gasteiger partial charge in [0.1, 0.15) is 5.75 Å². The molecule has 3 aromatic rings. The lowest BCUT2D eigenvalue weighted by Gasteiger charge is -2.34. The molecule has 3 heterocycles. The molecule has 0 unspecified atom stereocenters. The molecule has 0 aliphatic carbocycles. The van der Waals surface area contributed by atoms with Crippen LogP contribution in [0.15, 0.2) is 36.7 Å². The van der Waals surface area contributed by atoms with Crippen LogP contribution in [0.1, 0.15) is 6.92 Å². The van der Waals surface area contributed by atoms with E-state index in [4.69, 9.17) is 11.3 Å². The first-order valence-corrected chi connectivity index (χ1v) is 9.35. The smallest absolute Gasteiger partial charge is 0.288 e. The molecule has 29 heavy (non-hydrogen) atoms.